The Hall–Kier alpha value is -3.72. The predicted molar refractivity (Wildman–Crippen MR) is 129 cm³/mol. The Labute approximate surface area is 199 Å². The summed E-state index contributed by atoms with van der Waals surface area (Å²) >= 11 is 7.36. The number of aromatic nitrogens is 1. The van der Waals surface area contributed by atoms with E-state index in [0.29, 0.717) is 43.6 Å². The SMILES string of the molecule is N#Cc1c(SCc2ccccc2)nc(C(=O)c2ccc(Cl)cc2)c2c1-c1ccccc1C2=O. The zero-order chi connectivity index (χ0) is 22.9. The molecule has 0 aliphatic heterocycles. The summed E-state index contributed by atoms with van der Waals surface area (Å²) in [7, 11) is 0. The molecule has 1 aliphatic carbocycles. The maximum absolute atomic E-state index is 13.5. The molecule has 4 nitrogen and oxygen atoms in total. The number of ketones is 2. The number of hydrogen-bond acceptors (Lipinski definition) is 5. The third-order valence-electron chi connectivity index (χ3n) is 5.48. The topological polar surface area (TPSA) is 70.8 Å². The Morgan fingerprint density at radius 3 is 2.27 bits per heavy atom. The van der Waals surface area contributed by atoms with Crippen LogP contribution in [0, 0.1) is 11.3 Å². The first-order chi connectivity index (χ1) is 16.1. The number of fused-ring (bicyclic) bond motifs is 3. The van der Waals surface area contributed by atoms with Gasteiger partial charge in [0.2, 0.25) is 5.78 Å². The van der Waals surface area contributed by atoms with E-state index in [1.165, 1.54) is 11.8 Å². The lowest BCUT2D eigenvalue weighted by Gasteiger charge is -2.13. The molecule has 0 atom stereocenters. The minimum atomic E-state index is -0.380. The first-order valence-electron chi connectivity index (χ1n) is 10.2. The van der Waals surface area contributed by atoms with Gasteiger partial charge in [0.05, 0.1) is 11.1 Å². The van der Waals surface area contributed by atoms with Gasteiger partial charge in [-0.15, -0.1) is 11.8 Å². The minimum Gasteiger partial charge on any atom is -0.288 e. The number of pyridine rings is 1. The molecular weight excluding hydrogens is 452 g/mol. The molecule has 0 saturated carbocycles. The zero-order valence-corrected chi connectivity index (χ0v) is 18.8. The van der Waals surface area contributed by atoms with Crippen LogP contribution >= 0.6 is 23.4 Å². The number of halogens is 1. The number of carbonyl (C=O) groups excluding carboxylic acids is 2. The van der Waals surface area contributed by atoms with Gasteiger partial charge in [0, 0.05) is 27.5 Å². The third-order valence-corrected chi connectivity index (χ3v) is 6.78. The fraction of sp³-hybridized carbons (Fsp3) is 0.0370. The van der Waals surface area contributed by atoms with E-state index in [9.17, 15) is 14.9 Å². The second-order valence-electron chi connectivity index (χ2n) is 7.49. The summed E-state index contributed by atoms with van der Waals surface area (Å²) in [4.78, 5) is 31.4. The molecule has 0 amide bonds. The van der Waals surface area contributed by atoms with Crippen LogP contribution in [0.1, 0.15) is 43.1 Å². The predicted octanol–water partition coefficient (Wildman–Crippen LogP) is 6.34. The van der Waals surface area contributed by atoms with Crippen molar-refractivity contribution in [1.82, 2.24) is 4.98 Å². The highest BCUT2D eigenvalue weighted by Gasteiger charge is 2.36. The van der Waals surface area contributed by atoms with Crippen molar-refractivity contribution in [1.29, 1.82) is 5.26 Å². The molecular formula is C27H15ClN2O2S. The Morgan fingerprint density at radius 2 is 1.58 bits per heavy atom. The van der Waals surface area contributed by atoms with Gasteiger partial charge in [-0.2, -0.15) is 5.26 Å². The summed E-state index contributed by atoms with van der Waals surface area (Å²) in [6.07, 6.45) is 0. The Morgan fingerprint density at radius 1 is 0.909 bits per heavy atom. The molecule has 0 radical (unpaired) electrons. The maximum atomic E-state index is 13.5. The number of nitriles is 1. The smallest absolute Gasteiger partial charge is 0.212 e. The van der Waals surface area contributed by atoms with Gasteiger partial charge in [0.25, 0.3) is 0 Å². The van der Waals surface area contributed by atoms with E-state index in [1.54, 1.807) is 36.4 Å². The van der Waals surface area contributed by atoms with E-state index in [2.05, 4.69) is 11.1 Å². The van der Waals surface area contributed by atoms with Gasteiger partial charge in [-0.3, -0.25) is 9.59 Å². The van der Waals surface area contributed by atoms with Crippen LogP contribution in [-0.2, 0) is 5.75 Å². The Balaban J connectivity index is 1.70. The molecule has 0 spiro atoms. The van der Waals surface area contributed by atoms with Crippen LogP contribution in [0.2, 0.25) is 5.02 Å². The molecule has 0 N–H and O–H groups in total. The highest BCUT2D eigenvalue weighted by Crippen LogP contribution is 2.43. The van der Waals surface area contributed by atoms with Crippen molar-refractivity contribution in [2.45, 2.75) is 10.8 Å². The molecule has 1 aliphatic rings. The van der Waals surface area contributed by atoms with Crippen LogP contribution in [0.4, 0.5) is 0 Å². The summed E-state index contributed by atoms with van der Waals surface area (Å²) in [6.45, 7) is 0. The van der Waals surface area contributed by atoms with Gasteiger partial charge in [-0.25, -0.2) is 4.98 Å². The maximum Gasteiger partial charge on any atom is 0.212 e. The molecule has 1 aromatic heterocycles. The van der Waals surface area contributed by atoms with Crippen LogP contribution in [0.15, 0.2) is 83.9 Å². The van der Waals surface area contributed by atoms with Gasteiger partial charge >= 0.3 is 0 Å². The van der Waals surface area contributed by atoms with Crippen molar-refractivity contribution in [3.8, 4) is 17.2 Å². The summed E-state index contributed by atoms with van der Waals surface area (Å²) in [5.41, 5.74) is 3.62. The number of nitrogens with zero attached hydrogens (tertiary/aromatic N) is 2. The zero-order valence-electron chi connectivity index (χ0n) is 17.2. The highest BCUT2D eigenvalue weighted by molar-refractivity contribution is 7.98. The molecule has 5 rings (SSSR count). The lowest BCUT2D eigenvalue weighted by atomic mass is 9.97. The number of hydrogen-bond donors (Lipinski definition) is 0. The van der Waals surface area contributed by atoms with Crippen LogP contribution in [0.5, 0.6) is 0 Å². The number of rotatable bonds is 5. The lowest BCUT2D eigenvalue weighted by Crippen LogP contribution is -2.13. The number of carbonyl (C=O) groups is 2. The van der Waals surface area contributed by atoms with E-state index < -0.39 is 0 Å². The normalized spacial score (nSPS) is 11.6. The summed E-state index contributed by atoms with van der Waals surface area (Å²) < 4.78 is 0. The standard InChI is InChI=1S/C27H15ClN2O2S/c28-18-12-10-17(11-13-18)25(31)24-23-22(19-8-4-5-9-20(19)26(23)32)21(14-29)27(30-24)33-15-16-6-2-1-3-7-16/h1-13H,15H2. The molecule has 6 heteroatoms. The van der Waals surface area contributed by atoms with Crippen LogP contribution in [-0.4, -0.2) is 16.6 Å². The lowest BCUT2D eigenvalue weighted by molar-refractivity contribution is 0.100. The Bertz CT molecular complexity index is 1460. The monoisotopic (exact) mass is 466 g/mol. The van der Waals surface area contributed by atoms with Gasteiger partial charge in [-0.05, 0) is 35.4 Å². The van der Waals surface area contributed by atoms with E-state index in [4.69, 9.17) is 11.6 Å². The van der Waals surface area contributed by atoms with Gasteiger partial charge in [0.1, 0.15) is 16.8 Å². The molecule has 3 aromatic carbocycles. The molecule has 158 valence electrons. The van der Waals surface area contributed by atoms with E-state index >= 15 is 0 Å². The molecule has 0 fully saturated rings. The van der Waals surface area contributed by atoms with Crippen LogP contribution < -0.4 is 0 Å². The van der Waals surface area contributed by atoms with E-state index in [1.807, 2.05) is 42.5 Å². The molecule has 33 heavy (non-hydrogen) atoms. The van der Waals surface area contributed by atoms with Gasteiger partial charge in [-0.1, -0.05) is 66.2 Å². The summed E-state index contributed by atoms with van der Waals surface area (Å²) in [5.74, 6) is -0.0949. The van der Waals surface area contributed by atoms with Crippen molar-refractivity contribution in [3.63, 3.8) is 0 Å². The molecule has 0 saturated heterocycles. The fourth-order valence-electron chi connectivity index (χ4n) is 3.92. The van der Waals surface area contributed by atoms with Crippen molar-refractivity contribution in [2.75, 3.05) is 0 Å². The van der Waals surface area contributed by atoms with Crippen molar-refractivity contribution < 1.29 is 9.59 Å². The first-order valence-corrected chi connectivity index (χ1v) is 11.5. The van der Waals surface area contributed by atoms with Crippen molar-refractivity contribution in [3.05, 3.63) is 117 Å². The fourth-order valence-corrected chi connectivity index (χ4v) is 4.99. The second-order valence-corrected chi connectivity index (χ2v) is 8.89. The van der Waals surface area contributed by atoms with E-state index in [-0.39, 0.29) is 22.8 Å². The largest absolute Gasteiger partial charge is 0.288 e. The van der Waals surface area contributed by atoms with Crippen molar-refractivity contribution >= 4 is 34.9 Å². The van der Waals surface area contributed by atoms with Gasteiger partial charge < -0.3 is 0 Å². The number of benzene rings is 3. The first kappa shape index (κ1) is 21.1. The van der Waals surface area contributed by atoms with Crippen molar-refractivity contribution in [2.24, 2.45) is 0 Å². The molecule has 4 aromatic rings. The molecule has 0 bridgehead atoms. The average molecular weight is 467 g/mol. The summed E-state index contributed by atoms with van der Waals surface area (Å²) in [6, 6.07) is 25.6. The highest BCUT2D eigenvalue weighted by atomic mass is 35.5. The minimum absolute atomic E-state index is 0.0584. The van der Waals surface area contributed by atoms with E-state index in [0.717, 1.165) is 5.56 Å². The third kappa shape index (κ3) is 3.74. The van der Waals surface area contributed by atoms with Crippen LogP contribution in [0.25, 0.3) is 11.1 Å². The average Bonchev–Trinajstić information content (AvgIpc) is 3.15. The quantitative estimate of drug-likeness (QED) is 0.223. The van der Waals surface area contributed by atoms with Crippen LogP contribution in [0.3, 0.4) is 0 Å². The number of thioether (sulfide) groups is 1. The second kappa shape index (κ2) is 8.67. The molecule has 1 heterocycles. The van der Waals surface area contributed by atoms with Gasteiger partial charge in [0.15, 0.2) is 5.78 Å². The molecule has 0 unspecified atom stereocenters. The summed E-state index contributed by atoms with van der Waals surface area (Å²) in [5, 5.41) is 11.0. The Kier molecular flexibility index (Phi) is 5.55.